The first-order chi connectivity index (χ1) is 9.54. The van der Waals surface area contributed by atoms with E-state index in [0.717, 1.165) is 33.4 Å². The summed E-state index contributed by atoms with van der Waals surface area (Å²) in [5.41, 5.74) is 4.12. The van der Waals surface area contributed by atoms with Crippen molar-refractivity contribution in [3.63, 3.8) is 0 Å². The van der Waals surface area contributed by atoms with Crippen molar-refractivity contribution in [2.24, 2.45) is 0 Å². The fraction of sp³-hybridized carbons (Fsp3) is 0.333. The highest BCUT2D eigenvalue weighted by Gasteiger charge is 2.32. The molecular weight excluding hydrogens is 272 g/mol. The van der Waals surface area contributed by atoms with E-state index < -0.39 is 11.9 Å². The predicted octanol–water partition coefficient (Wildman–Crippen LogP) is 3.62. The third-order valence-electron chi connectivity index (χ3n) is 3.65. The number of nitrogens with zero attached hydrogens (tertiary/aromatic N) is 1. The summed E-state index contributed by atoms with van der Waals surface area (Å²) in [6.07, 6.45) is 1.49. The Morgan fingerprint density at radius 3 is 3.00 bits per heavy atom. The van der Waals surface area contributed by atoms with Gasteiger partial charge < -0.3 is 10.4 Å². The van der Waals surface area contributed by atoms with Gasteiger partial charge in [0.15, 0.2) is 5.13 Å². The quantitative estimate of drug-likeness (QED) is 0.905. The van der Waals surface area contributed by atoms with Gasteiger partial charge >= 0.3 is 5.97 Å². The second-order valence-corrected chi connectivity index (χ2v) is 6.28. The Balaban J connectivity index is 1.88. The van der Waals surface area contributed by atoms with Gasteiger partial charge in [-0.3, -0.25) is 4.79 Å². The first kappa shape index (κ1) is 13.1. The minimum atomic E-state index is -0.771. The number of fused-ring (bicyclic) bond motifs is 1. The van der Waals surface area contributed by atoms with Crippen molar-refractivity contribution in [2.75, 3.05) is 5.32 Å². The van der Waals surface area contributed by atoms with Crippen LogP contribution in [0.2, 0.25) is 0 Å². The Kier molecular flexibility index (Phi) is 3.22. The number of aryl methyl sites for hydroxylation is 3. The summed E-state index contributed by atoms with van der Waals surface area (Å²) in [7, 11) is 0. The summed E-state index contributed by atoms with van der Waals surface area (Å²) < 4.78 is 0. The van der Waals surface area contributed by atoms with Crippen LogP contribution in [0.1, 0.15) is 34.0 Å². The predicted molar refractivity (Wildman–Crippen MR) is 80.0 cm³/mol. The Hall–Kier alpha value is -1.88. The van der Waals surface area contributed by atoms with E-state index in [-0.39, 0.29) is 0 Å². The molecule has 1 aliphatic rings. The monoisotopic (exact) mass is 288 g/mol. The normalized spacial score (nSPS) is 17.0. The molecule has 1 atom stereocenters. The molecule has 1 aromatic heterocycles. The van der Waals surface area contributed by atoms with E-state index in [2.05, 4.69) is 28.5 Å². The van der Waals surface area contributed by atoms with Gasteiger partial charge in [-0.05, 0) is 43.9 Å². The SMILES string of the molecule is Cc1ccc(C)c(Nc2nc3c(s2)CCC3C(=O)O)c1. The molecule has 0 spiro atoms. The van der Waals surface area contributed by atoms with Crippen LogP contribution < -0.4 is 5.32 Å². The van der Waals surface area contributed by atoms with Crippen molar-refractivity contribution in [3.05, 3.63) is 39.9 Å². The maximum absolute atomic E-state index is 11.2. The third-order valence-corrected chi connectivity index (χ3v) is 4.70. The topological polar surface area (TPSA) is 62.2 Å². The molecule has 104 valence electrons. The second-order valence-electron chi connectivity index (χ2n) is 5.20. The largest absolute Gasteiger partial charge is 0.481 e. The van der Waals surface area contributed by atoms with Crippen molar-refractivity contribution in [1.82, 2.24) is 4.98 Å². The number of hydrogen-bond acceptors (Lipinski definition) is 4. The molecule has 0 aliphatic heterocycles. The van der Waals surface area contributed by atoms with Crippen LogP contribution >= 0.6 is 11.3 Å². The van der Waals surface area contributed by atoms with Crippen LogP contribution in [0.15, 0.2) is 18.2 Å². The number of anilines is 2. The molecule has 0 saturated carbocycles. The average molecular weight is 288 g/mol. The van der Waals surface area contributed by atoms with Gasteiger partial charge in [-0.2, -0.15) is 0 Å². The van der Waals surface area contributed by atoms with Gasteiger partial charge in [0.2, 0.25) is 0 Å². The van der Waals surface area contributed by atoms with Gasteiger partial charge in [0.25, 0.3) is 0 Å². The summed E-state index contributed by atoms with van der Waals surface area (Å²) in [6.45, 7) is 4.09. The highest BCUT2D eigenvalue weighted by atomic mass is 32.1. The number of nitrogens with one attached hydrogen (secondary N) is 1. The number of rotatable bonds is 3. The molecule has 1 aliphatic carbocycles. The molecule has 0 saturated heterocycles. The highest BCUT2D eigenvalue weighted by molar-refractivity contribution is 7.15. The number of aliphatic carboxylic acids is 1. The number of carbonyl (C=O) groups is 1. The van der Waals surface area contributed by atoms with Crippen molar-refractivity contribution in [3.8, 4) is 0 Å². The lowest BCUT2D eigenvalue weighted by Crippen LogP contribution is -2.08. The number of hydrogen-bond donors (Lipinski definition) is 2. The lowest BCUT2D eigenvalue weighted by Gasteiger charge is -2.08. The molecule has 0 bridgehead atoms. The first-order valence-electron chi connectivity index (χ1n) is 6.61. The first-order valence-corrected chi connectivity index (χ1v) is 7.43. The van der Waals surface area contributed by atoms with E-state index in [1.54, 1.807) is 11.3 Å². The molecule has 0 fully saturated rings. The second kappa shape index (κ2) is 4.90. The molecule has 2 N–H and O–H groups in total. The van der Waals surface area contributed by atoms with Crippen LogP contribution in [0.25, 0.3) is 0 Å². The zero-order valence-electron chi connectivity index (χ0n) is 11.4. The zero-order valence-corrected chi connectivity index (χ0v) is 12.3. The number of carboxylic acid groups (broad SMARTS) is 1. The zero-order chi connectivity index (χ0) is 14.3. The smallest absolute Gasteiger partial charge is 0.312 e. The Bertz CT molecular complexity index is 679. The van der Waals surface area contributed by atoms with Crippen LogP contribution in [-0.2, 0) is 11.2 Å². The minimum Gasteiger partial charge on any atom is -0.481 e. The van der Waals surface area contributed by atoms with Crippen LogP contribution in [0.4, 0.5) is 10.8 Å². The Morgan fingerprint density at radius 1 is 1.45 bits per heavy atom. The Morgan fingerprint density at radius 2 is 2.25 bits per heavy atom. The molecule has 0 radical (unpaired) electrons. The van der Waals surface area contributed by atoms with Crippen LogP contribution in [0.3, 0.4) is 0 Å². The molecule has 5 heteroatoms. The van der Waals surface area contributed by atoms with Crippen molar-refractivity contribution < 1.29 is 9.90 Å². The molecule has 2 aromatic rings. The van der Waals surface area contributed by atoms with Gasteiger partial charge in [-0.1, -0.05) is 12.1 Å². The van der Waals surface area contributed by atoms with Gasteiger partial charge in [0.05, 0.1) is 5.69 Å². The number of benzene rings is 1. The van der Waals surface area contributed by atoms with Crippen LogP contribution in [-0.4, -0.2) is 16.1 Å². The summed E-state index contributed by atoms with van der Waals surface area (Å²) in [6, 6.07) is 6.22. The molecule has 3 rings (SSSR count). The molecular formula is C15H16N2O2S. The van der Waals surface area contributed by atoms with E-state index in [1.807, 2.05) is 13.8 Å². The standard InChI is InChI=1S/C15H16N2O2S/c1-8-3-4-9(2)11(7-8)16-15-17-13-10(14(18)19)5-6-12(13)20-15/h3-4,7,10H,5-6H2,1-2H3,(H,16,17)(H,18,19). The summed E-state index contributed by atoms with van der Waals surface area (Å²) in [4.78, 5) is 16.8. The van der Waals surface area contributed by atoms with Gasteiger partial charge in [0, 0.05) is 10.6 Å². The number of aromatic nitrogens is 1. The van der Waals surface area contributed by atoms with E-state index in [0.29, 0.717) is 6.42 Å². The molecule has 20 heavy (non-hydrogen) atoms. The third kappa shape index (κ3) is 2.29. The number of carboxylic acids is 1. The van der Waals surface area contributed by atoms with Crippen molar-refractivity contribution in [2.45, 2.75) is 32.6 Å². The van der Waals surface area contributed by atoms with Crippen molar-refractivity contribution >= 4 is 28.1 Å². The lowest BCUT2D eigenvalue weighted by atomic mass is 10.1. The maximum atomic E-state index is 11.2. The van der Waals surface area contributed by atoms with Crippen LogP contribution in [0, 0.1) is 13.8 Å². The molecule has 1 heterocycles. The van der Waals surface area contributed by atoms with Gasteiger partial charge in [-0.15, -0.1) is 11.3 Å². The van der Waals surface area contributed by atoms with E-state index >= 15 is 0 Å². The summed E-state index contributed by atoms with van der Waals surface area (Å²) in [5.74, 6) is -1.21. The lowest BCUT2D eigenvalue weighted by molar-refractivity contribution is -0.138. The molecule has 1 aromatic carbocycles. The van der Waals surface area contributed by atoms with Crippen molar-refractivity contribution in [1.29, 1.82) is 0 Å². The summed E-state index contributed by atoms with van der Waals surface area (Å²) >= 11 is 1.57. The highest BCUT2D eigenvalue weighted by Crippen LogP contribution is 2.39. The molecule has 0 amide bonds. The Labute approximate surface area is 121 Å². The van der Waals surface area contributed by atoms with E-state index in [9.17, 15) is 9.90 Å². The van der Waals surface area contributed by atoms with E-state index in [1.165, 1.54) is 5.56 Å². The maximum Gasteiger partial charge on any atom is 0.312 e. The molecule has 4 nitrogen and oxygen atoms in total. The fourth-order valence-electron chi connectivity index (χ4n) is 2.51. The number of thiazole rings is 1. The average Bonchev–Trinajstić information content (AvgIpc) is 2.92. The minimum absolute atomic E-state index is 0.435. The molecule has 1 unspecified atom stereocenters. The van der Waals surface area contributed by atoms with Crippen LogP contribution in [0.5, 0.6) is 0 Å². The fourth-order valence-corrected chi connectivity index (χ4v) is 3.56. The van der Waals surface area contributed by atoms with Gasteiger partial charge in [-0.25, -0.2) is 4.98 Å². The van der Waals surface area contributed by atoms with Gasteiger partial charge in [0.1, 0.15) is 5.92 Å². The van der Waals surface area contributed by atoms with E-state index in [4.69, 9.17) is 0 Å². The summed E-state index contributed by atoms with van der Waals surface area (Å²) in [5, 5.41) is 13.3.